The average Bonchev–Trinajstić information content (AvgIpc) is 2.87. The topological polar surface area (TPSA) is 28.2 Å². The monoisotopic (exact) mass is 247 g/mol. The Morgan fingerprint density at radius 2 is 2.06 bits per heavy atom. The van der Waals surface area contributed by atoms with E-state index in [9.17, 15) is 0 Å². The fourth-order valence-corrected chi connectivity index (χ4v) is 2.94. The van der Waals surface area contributed by atoms with E-state index in [1.165, 1.54) is 31.2 Å². The third-order valence-electron chi connectivity index (χ3n) is 3.95. The van der Waals surface area contributed by atoms with Crippen molar-refractivity contribution < 1.29 is 0 Å². The van der Waals surface area contributed by atoms with Crippen LogP contribution in [0.2, 0.25) is 0 Å². The summed E-state index contributed by atoms with van der Waals surface area (Å²) in [5, 5.41) is 3.19. The van der Waals surface area contributed by atoms with Gasteiger partial charge in [-0.05, 0) is 45.4 Å². The van der Waals surface area contributed by atoms with Crippen LogP contribution in [0.25, 0.3) is 0 Å². The summed E-state index contributed by atoms with van der Waals surface area (Å²) in [4.78, 5) is 7.27. The van der Waals surface area contributed by atoms with Gasteiger partial charge in [-0.3, -0.25) is 0 Å². The number of aromatic nitrogens is 1. The lowest BCUT2D eigenvalue weighted by atomic mass is 10.1. The van der Waals surface area contributed by atoms with Crippen LogP contribution in [0.15, 0.2) is 12.1 Å². The minimum Gasteiger partial charge on any atom is -0.354 e. The predicted molar refractivity (Wildman–Crippen MR) is 77.0 cm³/mol. The number of hydrogen-bond donors (Lipinski definition) is 1. The Kier molecular flexibility index (Phi) is 4.59. The lowest BCUT2D eigenvalue weighted by Gasteiger charge is -2.29. The minimum absolute atomic E-state index is 0.706. The second-order valence-corrected chi connectivity index (χ2v) is 5.17. The molecule has 0 spiro atoms. The zero-order valence-corrected chi connectivity index (χ0v) is 11.9. The molecule has 0 unspecified atom stereocenters. The molecule has 1 saturated carbocycles. The smallest absolute Gasteiger partial charge is 0.129 e. The molecular formula is C15H25N3. The number of nitrogens with zero attached hydrogens (tertiary/aromatic N) is 2. The van der Waals surface area contributed by atoms with Gasteiger partial charge in [-0.15, -0.1) is 0 Å². The first-order valence-corrected chi connectivity index (χ1v) is 7.14. The predicted octanol–water partition coefficient (Wildman–Crippen LogP) is 2.88. The molecule has 1 fully saturated rings. The highest BCUT2D eigenvalue weighted by molar-refractivity contribution is 5.43. The van der Waals surface area contributed by atoms with Gasteiger partial charge >= 0.3 is 0 Å². The standard InChI is InChI=1S/C15H25N3/c1-4-18(14-7-5-6-8-14)15-10-9-13(11-16-3)12(2)17-15/h9-10,14,16H,4-8,11H2,1-3H3. The molecule has 0 bridgehead atoms. The van der Waals surface area contributed by atoms with Gasteiger partial charge in [-0.25, -0.2) is 4.98 Å². The molecule has 100 valence electrons. The number of hydrogen-bond acceptors (Lipinski definition) is 3. The van der Waals surface area contributed by atoms with Gasteiger partial charge in [0.15, 0.2) is 0 Å². The second-order valence-electron chi connectivity index (χ2n) is 5.17. The number of anilines is 1. The van der Waals surface area contributed by atoms with Crippen LogP contribution in [0.5, 0.6) is 0 Å². The number of nitrogens with one attached hydrogen (secondary N) is 1. The van der Waals surface area contributed by atoms with Crippen molar-refractivity contribution in [3.8, 4) is 0 Å². The molecular weight excluding hydrogens is 222 g/mol. The number of aryl methyl sites for hydroxylation is 1. The van der Waals surface area contributed by atoms with Crippen molar-refractivity contribution in [2.45, 2.75) is 52.1 Å². The molecule has 1 heterocycles. The van der Waals surface area contributed by atoms with E-state index in [2.05, 4.69) is 36.2 Å². The summed E-state index contributed by atoms with van der Waals surface area (Å²) < 4.78 is 0. The van der Waals surface area contributed by atoms with E-state index < -0.39 is 0 Å². The van der Waals surface area contributed by atoms with Gasteiger partial charge in [0.25, 0.3) is 0 Å². The molecule has 1 aromatic heterocycles. The third kappa shape index (κ3) is 2.83. The van der Waals surface area contributed by atoms with Gasteiger partial charge in [-0.2, -0.15) is 0 Å². The molecule has 0 amide bonds. The van der Waals surface area contributed by atoms with Crippen molar-refractivity contribution in [3.05, 3.63) is 23.4 Å². The Morgan fingerprint density at radius 3 is 2.61 bits per heavy atom. The van der Waals surface area contributed by atoms with E-state index in [4.69, 9.17) is 4.98 Å². The van der Waals surface area contributed by atoms with Crippen molar-refractivity contribution in [3.63, 3.8) is 0 Å². The molecule has 0 radical (unpaired) electrons. The Balaban J connectivity index is 2.17. The molecule has 0 atom stereocenters. The van der Waals surface area contributed by atoms with Gasteiger partial charge in [0.05, 0.1) is 0 Å². The van der Waals surface area contributed by atoms with Gasteiger partial charge in [-0.1, -0.05) is 18.9 Å². The molecule has 1 aliphatic rings. The van der Waals surface area contributed by atoms with Gasteiger partial charge in [0, 0.05) is 24.8 Å². The van der Waals surface area contributed by atoms with E-state index in [0.717, 1.165) is 24.6 Å². The zero-order chi connectivity index (χ0) is 13.0. The molecule has 0 aromatic carbocycles. The van der Waals surface area contributed by atoms with Crippen LogP contribution in [0.1, 0.15) is 43.9 Å². The molecule has 2 rings (SSSR count). The van der Waals surface area contributed by atoms with E-state index in [1.54, 1.807) is 0 Å². The maximum Gasteiger partial charge on any atom is 0.129 e. The van der Waals surface area contributed by atoms with Crippen molar-refractivity contribution in [2.24, 2.45) is 0 Å². The number of rotatable bonds is 5. The summed E-state index contributed by atoms with van der Waals surface area (Å²) in [6.07, 6.45) is 5.40. The van der Waals surface area contributed by atoms with Crippen LogP contribution in [-0.2, 0) is 6.54 Å². The van der Waals surface area contributed by atoms with Crippen LogP contribution in [0.3, 0.4) is 0 Å². The summed E-state index contributed by atoms with van der Waals surface area (Å²) in [7, 11) is 1.98. The molecule has 1 aromatic rings. The molecule has 18 heavy (non-hydrogen) atoms. The summed E-state index contributed by atoms with van der Waals surface area (Å²) in [6, 6.07) is 5.10. The normalized spacial score (nSPS) is 16.2. The first kappa shape index (κ1) is 13.3. The summed E-state index contributed by atoms with van der Waals surface area (Å²) >= 11 is 0. The average molecular weight is 247 g/mol. The molecule has 1 N–H and O–H groups in total. The highest BCUT2D eigenvalue weighted by Crippen LogP contribution is 2.27. The van der Waals surface area contributed by atoms with Crippen molar-refractivity contribution >= 4 is 5.82 Å². The fourth-order valence-electron chi connectivity index (χ4n) is 2.94. The third-order valence-corrected chi connectivity index (χ3v) is 3.95. The number of pyridine rings is 1. The zero-order valence-electron chi connectivity index (χ0n) is 11.9. The lowest BCUT2D eigenvalue weighted by molar-refractivity contribution is 0.612. The molecule has 3 nitrogen and oxygen atoms in total. The Hall–Kier alpha value is -1.09. The Bertz CT molecular complexity index is 383. The Morgan fingerprint density at radius 1 is 1.33 bits per heavy atom. The quantitative estimate of drug-likeness (QED) is 0.867. The minimum atomic E-state index is 0.706. The van der Waals surface area contributed by atoms with Gasteiger partial charge in [0.1, 0.15) is 5.82 Å². The first-order valence-electron chi connectivity index (χ1n) is 7.14. The van der Waals surface area contributed by atoms with Crippen LogP contribution < -0.4 is 10.2 Å². The summed E-state index contributed by atoms with van der Waals surface area (Å²) in [5.74, 6) is 1.15. The molecule has 0 aliphatic heterocycles. The first-order chi connectivity index (χ1) is 8.76. The van der Waals surface area contributed by atoms with Gasteiger partial charge in [0.2, 0.25) is 0 Å². The van der Waals surface area contributed by atoms with E-state index >= 15 is 0 Å². The van der Waals surface area contributed by atoms with Crippen LogP contribution >= 0.6 is 0 Å². The van der Waals surface area contributed by atoms with E-state index in [1.807, 2.05) is 7.05 Å². The lowest BCUT2D eigenvalue weighted by Crippen LogP contribution is -2.33. The van der Waals surface area contributed by atoms with Crippen molar-refractivity contribution in [2.75, 3.05) is 18.5 Å². The molecule has 3 heteroatoms. The van der Waals surface area contributed by atoms with Crippen molar-refractivity contribution in [1.82, 2.24) is 10.3 Å². The van der Waals surface area contributed by atoms with E-state index in [0.29, 0.717) is 6.04 Å². The van der Waals surface area contributed by atoms with E-state index in [-0.39, 0.29) is 0 Å². The van der Waals surface area contributed by atoms with Gasteiger partial charge < -0.3 is 10.2 Å². The maximum atomic E-state index is 4.79. The highest BCUT2D eigenvalue weighted by atomic mass is 15.2. The summed E-state index contributed by atoms with van der Waals surface area (Å²) in [6.45, 7) is 6.30. The Labute approximate surface area is 111 Å². The van der Waals surface area contributed by atoms with Crippen LogP contribution in [0.4, 0.5) is 5.82 Å². The van der Waals surface area contributed by atoms with Crippen LogP contribution in [0, 0.1) is 6.92 Å². The molecule has 1 aliphatic carbocycles. The molecule has 0 saturated heterocycles. The SMILES string of the molecule is CCN(c1ccc(CNC)c(C)n1)C1CCCC1. The maximum absolute atomic E-state index is 4.79. The van der Waals surface area contributed by atoms with Crippen LogP contribution in [-0.4, -0.2) is 24.6 Å². The summed E-state index contributed by atoms with van der Waals surface area (Å²) in [5.41, 5.74) is 2.45. The highest BCUT2D eigenvalue weighted by Gasteiger charge is 2.22. The second kappa shape index (κ2) is 6.19. The van der Waals surface area contributed by atoms with Crippen molar-refractivity contribution in [1.29, 1.82) is 0 Å². The largest absolute Gasteiger partial charge is 0.354 e. The fraction of sp³-hybridized carbons (Fsp3) is 0.667.